The topological polar surface area (TPSA) is 77.8 Å². The highest BCUT2D eigenvalue weighted by atomic mass is 19.1. The van der Waals surface area contributed by atoms with Crippen LogP contribution in [0.4, 0.5) is 8.78 Å². The number of hydrogen-bond acceptors (Lipinski definition) is 5. The van der Waals surface area contributed by atoms with Gasteiger partial charge in [-0.25, -0.2) is 8.78 Å². The van der Waals surface area contributed by atoms with E-state index in [1.54, 1.807) is 6.92 Å². The molecule has 0 amide bonds. The standard InChI is InChI=1S/C29H41F2NO4/c1-25(2,3)8-9-32-14-17-10-19-20-12-22(30)21-11-18(34)6-7-26(21,4)29(20,31)23(35)13-27(19,5)28(17,16-32)24(36)15-33/h6-7,11,17,19-20,22-23,33,35H,8-10,12-16H2,1-5H3/t17-,19-,20-,22-,23-,26-,27-,28+,29-/m0/s1. The lowest BCUT2D eigenvalue weighted by atomic mass is 9.43. The molecule has 36 heavy (non-hydrogen) atoms. The first-order valence-electron chi connectivity index (χ1n) is 13.5. The maximum absolute atomic E-state index is 17.4. The molecule has 200 valence electrons. The number of carbonyl (C=O) groups is 2. The van der Waals surface area contributed by atoms with Crippen LogP contribution in [-0.2, 0) is 9.59 Å². The Bertz CT molecular complexity index is 1030. The molecule has 1 heterocycles. The van der Waals surface area contributed by atoms with Crippen molar-refractivity contribution in [3.63, 3.8) is 0 Å². The van der Waals surface area contributed by atoms with Gasteiger partial charge >= 0.3 is 0 Å². The first kappa shape index (κ1) is 26.2. The molecule has 0 aromatic carbocycles. The Labute approximate surface area is 213 Å². The normalized spacial score (nSPS) is 48.2. The van der Waals surface area contributed by atoms with E-state index in [1.807, 2.05) is 6.92 Å². The SMILES string of the molecule is CC(C)(C)CCN1C[C@@H]2C[C@H]3[C@@H]4C[C@H](F)C5=CC(=O)C=C[C@]5(C)[C@@]4(F)[C@@H](O)C[C@]3(C)[C@]2(C(=O)CO)C1. The summed E-state index contributed by atoms with van der Waals surface area (Å²) in [5.74, 6) is -1.78. The summed E-state index contributed by atoms with van der Waals surface area (Å²) in [5, 5.41) is 21.7. The van der Waals surface area contributed by atoms with Crippen molar-refractivity contribution in [1.29, 1.82) is 0 Å². The van der Waals surface area contributed by atoms with E-state index in [4.69, 9.17) is 0 Å². The molecule has 4 aliphatic carbocycles. The van der Waals surface area contributed by atoms with Gasteiger partial charge in [0.25, 0.3) is 0 Å². The second-order valence-corrected chi connectivity index (χ2v) is 13.9. The van der Waals surface area contributed by atoms with Gasteiger partial charge in [0.2, 0.25) is 0 Å². The molecule has 4 fully saturated rings. The van der Waals surface area contributed by atoms with Crippen LogP contribution < -0.4 is 0 Å². The number of hydrogen-bond donors (Lipinski definition) is 2. The molecule has 3 saturated carbocycles. The molecule has 5 aliphatic rings. The van der Waals surface area contributed by atoms with Crippen molar-refractivity contribution in [1.82, 2.24) is 4.90 Å². The average Bonchev–Trinajstić information content (AvgIpc) is 3.28. The van der Waals surface area contributed by atoms with Crippen LogP contribution in [0.3, 0.4) is 0 Å². The fourth-order valence-corrected chi connectivity index (χ4v) is 9.18. The van der Waals surface area contributed by atoms with Crippen molar-refractivity contribution in [2.45, 2.75) is 78.2 Å². The number of Topliss-reactive ketones (excluding diaryl/α,β-unsaturated/α-hetero) is 1. The third kappa shape index (κ3) is 3.21. The number of alkyl halides is 2. The number of carbonyl (C=O) groups excluding carboxylic acids is 2. The van der Waals surface area contributed by atoms with E-state index < -0.39 is 46.7 Å². The Balaban J connectivity index is 1.55. The number of nitrogens with zero attached hydrogens (tertiary/aromatic N) is 1. The monoisotopic (exact) mass is 505 g/mol. The zero-order chi connectivity index (χ0) is 26.5. The summed E-state index contributed by atoms with van der Waals surface area (Å²) in [5.41, 5.74) is -4.97. The molecule has 9 atom stereocenters. The summed E-state index contributed by atoms with van der Waals surface area (Å²) in [6.07, 6.45) is 2.53. The van der Waals surface area contributed by atoms with Gasteiger partial charge in [0.1, 0.15) is 12.8 Å². The van der Waals surface area contributed by atoms with Crippen molar-refractivity contribution in [2.75, 3.05) is 26.2 Å². The van der Waals surface area contributed by atoms with Crippen molar-refractivity contribution >= 4 is 11.6 Å². The molecule has 0 aromatic heterocycles. The summed E-state index contributed by atoms with van der Waals surface area (Å²) in [6, 6.07) is 0. The minimum atomic E-state index is -2.14. The van der Waals surface area contributed by atoms with Crippen molar-refractivity contribution in [2.24, 2.45) is 39.4 Å². The zero-order valence-electron chi connectivity index (χ0n) is 22.2. The first-order chi connectivity index (χ1) is 16.6. The Hall–Kier alpha value is -1.44. The lowest BCUT2D eigenvalue weighted by Gasteiger charge is -2.63. The average molecular weight is 506 g/mol. The number of allylic oxidation sites excluding steroid dienone is 4. The molecule has 1 aliphatic heterocycles. The highest BCUT2D eigenvalue weighted by Crippen LogP contribution is 2.74. The van der Waals surface area contributed by atoms with Gasteiger partial charge in [0.05, 0.1) is 11.5 Å². The number of ketones is 2. The molecule has 0 bridgehead atoms. The van der Waals surface area contributed by atoms with Gasteiger partial charge in [0, 0.05) is 24.4 Å². The van der Waals surface area contributed by atoms with Gasteiger partial charge in [-0.3, -0.25) is 9.59 Å². The summed E-state index contributed by atoms with van der Waals surface area (Å²) < 4.78 is 33.0. The zero-order valence-corrected chi connectivity index (χ0v) is 22.2. The van der Waals surface area contributed by atoms with Gasteiger partial charge < -0.3 is 15.1 Å². The first-order valence-corrected chi connectivity index (χ1v) is 13.5. The van der Waals surface area contributed by atoms with E-state index in [-0.39, 0.29) is 47.2 Å². The van der Waals surface area contributed by atoms with Crippen LogP contribution in [-0.4, -0.2) is 70.9 Å². The van der Waals surface area contributed by atoms with Crippen LogP contribution in [0, 0.1) is 39.4 Å². The molecule has 0 aromatic rings. The van der Waals surface area contributed by atoms with Crippen LogP contribution in [0.2, 0.25) is 0 Å². The number of aliphatic hydroxyl groups excluding tert-OH is 2. The number of aliphatic hydroxyl groups is 2. The van der Waals surface area contributed by atoms with E-state index in [2.05, 4.69) is 25.7 Å². The fourth-order valence-electron chi connectivity index (χ4n) is 9.18. The minimum absolute atomic E-state index is 0.0711. The molecule has 0 radical (unpaired) electrons. The lowest BCUT2D eigenvalue weighted by molar-refractivity contribution is -0.212. The van der Waals surface area contributed by atoms with Gasteiger partial charge in [0.15, 0.2) is 17.2 Å². The largest absolute Gasteiger partial charge is 0.390 e. The van der Waals surface area contributed by atoms with Crippen LogP contribution >= 0.6 is 0 Å². The minimum Gasteiger partial charge on any atom is -0.390 e. The Kier molecular flexibility index (Phi) is 5.84. The van der Waals surface area contributed by atoms with Gasteiger partial charge in [-0.15, -0.1) is 0 Å². The molecular formula is C29H41F2NO4. The molecule has 0 spiro atoms. The molecule has 2 N–H and O–H groups in total. The third-order valence-corrected chi connectivity index (χ3v) is 11.0. The highest BCUT2D eigenvalue weighted by Gasteiger charge is 2.78. The summed E-state index contributed by atoms with van der Waals surface area (Å²) >= 11 is 0. The second-order valence-electron chi connectivity index (χ2n) is 13.9. The molecule has 1 saturated heterocycles. The Morgan fingerprint density at radius 3 is 2.56 bits per heavy atom. The Morgan fingerprint density at radius 2 is 1.92 bits per heavy atom. The molecule has 5 rings (SSSR count). The quantitative estimate of drug-likeness (QED) is 0.607. The summed E-state index contributed by atoms with van der Waals surface area (Å²) in [6.45, 7) is 11.5. The van der Waals surface area contributed by atoms with E-state index in [0.29, 0.717) is 19.5 Å². The number of halogens is 2. The maximum atomic E-state index is 17.4. The van der Waals surface area contributed by atoms with Crippen LogP contribution in [0.1, 0.15) is 60.3 Å². The molecule has 0 unspecified atom stereocenters. The van der Waals surface area contributed by atoms with E-state index in [1.165, 1.54) is 18.2 Å². The molecular weight excluding hydrogens is 464 g/mol. The number of rotatable bonds is 4. The van der Waals surface area contributed by atoms with Crippen molar-refractivity contribution in [3.05, 3.63) is 23.8 Å². The maximum Gasteiger partial charge on any atom is 0.178 e. The van der Waals surface area contributed by atoms with Crippen molar-refractivity contribution < 1.29 is 28.6 Å². The van der Waals surface area contributed by atoms with Gasteiger partial charge in [-0.05, 0) is 79.5 Å². The summed E-state index contributed by atoms with van der Waals surface area (Å²) in [4.78, 5) is 27.9. The van der Waals surface area contributed by atoms with E-state index >= 15 is 8.78 Å². The van der Waals surface area contributed by atoms with Crippen LogP contribution in [0.25, 0.3) is 0 Å². The summed E-state index contributed by atoms with van der Waals surface area (Å²) in [7, 11) is 0. The molecule has 7 heteroatoms. The smallest absolute Gasteiger partial charge is 0.178 e. The van der Waals surface area contributed by atoms with E-state index in [9.17, 15) is 19.8 Å². The number of likely N-dealkylation sites (tertiary alicyclic amines) is 1. The van der Waals surface area contributed by atoms with Gasteiger partial charge in [-0.1, -0.05) is 33.8 Å². The Morgan fingerprint density at radius 1 is 1.22 bits per heavy atom. The highest BCUT2D eigenvalue weighted by molar-refractivity contribution is 6.01. The lowest BCUT2D eigenvalue weighted by Crippen LogP contribution is -2.69. The molecule has 5 nitrogen and oxygen atoms in total. The van der Waals surface area contributed by atoms with Crippen LogP contribution in [0.15, 0.2) is 23.8 Å². The number of fused-ring (bicyclic) bond motifs is 7. The fraction of sp³-hybridized carbons (Fsp3) is 0.793. The van der Waals surface area contributed by atoms with Gasteiger partial charge in [-0.2, -0.15) is 0 Å². The van der Waals surface area contributed by atoms with E-state index in [0.717, 1.165) is 13.0 Å². The second kappa shape index (κ2) is 8.03. The third-order valence-electron chi connectivity index (χ3n) is 11.0. The van der Waals surface area contributed by atoms with Crippen LogP contribution in [0.5, 0.6) is 0 Å². The van der Waals surface area contributed by atoms with Crippen molar-refractivity contribution in [3.8, 4) is 0 Å². The predicted octanol–water partition coefficient (Wildman–Crippen LogP) is 3.83. The predicted molar refractivity (Wildman–Crippen MR) is 133 cm³/mol.